The minimum atomic E-state index is 0.126. The molecular weight excluding hydrogens is 198 g/mol. The van der Waals surface area contributed by atoms with E-state index < -0.39 is 0 Å². The summed E-state index contributed by atoms with van der Waals surface area (Å²) in [6.07, 6.45) is 6.84. The Morgan fingerprint density at radius 2 is 1.94 bits per heavy atom. The van der Waals surface area contributed by atoms with Crippen molar-refractivity contribution < 1.29 is 0 Å². The average molecular weight is 221 g/mol. The Bertz CT molecular complexity index is 365. The molecule has 0 saturated carbocycles. The van der Waals surface area contributed by atoms with Gasteiger partial charge in [0.25, 0.3) is 5.56 Å². The van der Waals surface area contributed by atoms with Crippen molar-refractivity contribution in [2.75, 3.05) is 0 Å². The van der Waals surface area contributed by atoms with Crippen LogP contribution in [-0.4, -0.2) is 4.57 Å². The zero-order chi connectivity index (χ0) is 12.0. The van der Waals surface area contributed by atoms with Gasteiger partial charge in [0.15, 0.2) is 0 Å². The van der Waals surface area contributed by atoms with E-state index in [2.05, 4.69) is 20.8 Å². The summed E-state index contributed by atoms with van der Waals surface area (Å²) < 4.78 is 1.85. The Hall–Kier alpha value is -1.05. The van der Waals surface area contributed by atoms with Crippen LogP contribution in [-0.2, 0) is 6.54 Å². The number of pyridine rings is 1. The van der Waals surface area contributed by atoms with Crippen LogP contribution in [0.25, 0.3) is 0 Å². The summed E-state index contributed by atoms with van der Waals surface area (Å²) in [5.41, 5.74) is 1.37. The molecule has 0 spiro atoms. The molecule has 16 heavy (non-hydrogen) atoms. The van der Waals surface area contributed by atoms with Crippen LogP contribution in [0.3, 0.4) is 0 Å². The molecule has 2 nitrogen and oxygen atoms in total. The van der Waals surface area contributed by atoms with Crippen LogP contribution in [0.4, 0.5) is 0 Å². The van der Waals surface area contributed by atoms with Gasteiger partial charge in [-0.1, -0.05) is 46.1 Å². The maximum atomic E-state index is 11.6. The second kappa shape index (κ2) is 6.51. The minimum absolute atomic E-state index is 0.126. The largest absolute Gasteiger partial charge is 0.315 e. The number of aryl methyl sites for hydroxylation is 1. The topological polar surface area (TPSA) is 22.0 Å². The van der Waals surface area contributed by atoms with Gasteiger partial charge in [0.1, 0.15) is 0 Å². The third-order valence-corrected chi connectivity index (χ3v) is 2.93. The minimum Gasteiger partial charge on any atom is -0.315 e. The van der Waals surface area contributed by atoms with E-state index >= 15 is 0 Å². The molecule has 2 heteroatoms. The second-order valence-corrected chi connectivity index (χ2v) is 4.71. The van der Waals surface area contributed by atoms with Gasteiger partial charge in [0.2, 0.25) is 0 Å². The number of nitrogens with zero attached hydrogens (tertiary/aromatic N) is 1. The Morgan fingerprint density at radius 3 is 2.56 bits per heavy atom. The summed E-state index contributed by atoms with van der Waals surface area (Å²) in [7, 11) is 0. The third-order valence-electron chi connectivity index (χ3n) is 2.93. The maximum absolute atomic E-state index is 11.6. The monoisotopic (exact) mass is 221 g/mol. The molecule has 0 atom stereocenters. The molecule has 1 rings (SSSR count). The van der Waals surface area contributed by atoms with Crippen molar-refractivity contribution in [1.82, 2.24) is 4.57 Å². The molecule has 0 unspecified atom stereocenters. The molecule has 1 heterocycles. The van der Waals surface area contributed by atoms with Gasteiger partial charge >= 0.3 is 0 Å². The van der Waals surface area contributed by atoms with Gasteiger partial charge in [0, 0.05) is 18.8 Å². The van der Waals surface area contributed by atoms with Gasteiger partial charge in [-0.3, -0.25) is 4.79 Å². The van der Waals surface area contributed by atoms with E-state index in [-0.39, 0.29) is 5.56 Å². The highest BCUT2D eigenvalue weighted by molar-refractivity contribution is 5.13. The van der Waals surface area contributed by atoms with Gasteiger partial charge < -0.3 is 4.57 Å². The van der Waals surface area contributed by atoms with Crippen LogP contribution in [0, 0.1) is 0 Å². The molecule has 0 aromatic carbocycles. The Balaban J connectivity index is 2.63. The predicted molar refractivity (Wildman–Crippen MR) is 68.9 cm³/mol. The lowest BCUT2D eigenvalue weighted by Gasteiger charge is -2.10. The molecule has 0 aliphatic heterocycles. The standard InChI is InChI=1S/C14H23NO/c1-4-5-6-7-10-15-11-13(12(2)3)8-9-14(15)16/h8-9,11-12H,4-7,10H2,1-3H3. The Morgan fingerprint density at radius 1 is 1.19 bits per heavy atom. The third kappa shape index (κ3) is 3.84. The van der Waals surface area contributed by atoms with E-state index in [1.165, 1.54) is 24.8 Å². The summed E-state index contributed by atoms with van der Waals surface area (Å²) in [6.45, 7) is 7.37. The van der Waals surface area contributed by atoms with Crippen molar-refractivity contribution in [1.29, 1.82) is 0 Å². The zero-order valence-electron chi connectivity index (χ0n) is 10.7. The number of aromatic nitrogens is 1. The van der Waals surface area contributed by atoms with Crippen LogP contribution in [0.5, 0.6) is 0 Å². The second-order valence-electron chi connectivity index (χ2n) is 4.71. The van der Waals surface area contributed by atoms with Gasteiger partial charge in [-0.15, -0.1) is 0 Å². The first-order chi connectivity index (χ1) is 7.65. The fourth-order valence-electron chi connectivity index (χ4n) is 1.78. The van der Waals surface area contributed by atoms with Crippen LogP contribution in [0.1, 0.15) is 57.9 Å². The molecule has 0 aliphatic carbocycles. The highest BCUT2D eigenvalue weighted by Gasteiger charge is 2.02. The molecule has 0 aliphatic rings. The van der Waals surface area contributed by atoms with E-state index in [9.17, 15) is 4.79 Å². The fourth-order valence-corrected chi connectivity index (χ4v) is 1.78. The van der Waals surface area contributed by atoms with Crippen molar-refractivity contribution in [2.24, 2.45) is 0 Å². The number of rotatable bonds is 6. The number of hydrogen-bond donors (Lipinski definition) is 0. The van der Waals surface area contributed by atoms with Gasteiger partial charge in [-0.25, -0.2) is 0 Å². The first-order valence-electron chi connectivity index (χ1n) is 6.35. The molecule has 1 aromatic heterocycles. The van der Waals surface area contributed by atoms with E-state index in [1.54, 1.807) is 6.07 Å². The van der Waals surface area contributed by atoms with Crippen LogP contribution in [0.2, 0.25) is 0 Å². The van der Waals surface area contributed by atoms with Crippen LogP contribution >= 0.6 is 0 Å². The zero-order valence-corrected chi connectivity index (χ0v) is 10.7. The Labute approximate surface area is 98.3 Å². The lowest BCUT2D eigenvalue weighted by Crippen LogP contribution is -2.19. The molecule has 0 fully saturated rings. The smallest absolute Gasteiger partial charge is 0.250 e. The first kappa shape index (κ1) is 13.0. The Kier molecular flexibility index (Phi) is 5.30. The predicted octanol–water partition coefficient (Wildman–Crippen LogP) is 3.55. The summed E-state index contributed by atoms with van der Waals surface area (Å²) in [5, 5.41) is 0. The number of hydrogen-bond acceptors (Lipinski definition) is 1. The van der Waals surface area contributed by atoms with E-state index in [1.807, 2.05) is 16.8 Å². The van der Waals surface area contributed by atoms with Gasteiger partial charge in [0.05, 0.1) is 0 Å². The van der Waals surface area contributed by atoms with Crippen molar-refractivity contribution >= 4 is 0 Å². The lowest BCUT2D eigenvalue weighted by molar-refractivity contribution is 0.567. The molecule has 0 bridgehead atoms. The lowest BCUT2D eigenvalue weighted by atomic mass is 10.1. The fraction of sp³-hybridized carbons (Fsp3) is 0.643. The SMILES string of the molecule is CCCCCCn1cc(C(C)C)ccc1=O. The highest BCUT2D eigenvalue weighted by atomic mass is 16.1. The van der Waals surface area contributed by atoms with E-state index in [0.29, 0.717) is 5.92 Å². The van der Waals surface area contributed by atoms with Crippen molar-refractivity contribution in [3.8, 4) is 0 Å². The molecule has 0 saturated heterocycles. The van der Waals surface area contributed by atoms with Crippen molar-refractivity contribution in [2.45, 2.75) is 58.9 Å². The van der Waals surface area contributed by atoms with E-state index in [4.69, 9.17) is 0 Å². The number of unbranched alkanes of at least 4 members (excludes halogenated alkanes) is 3. The highest BCUT2D eigenvalue weighted by Crippen LogP contribution is 2.11. The van der Waals surface area contributed by atoms with Crippen LogP contribution < -0.4 is 5.56 Å². The van der Waals surface area contributed by atoms with Gasteiger partial charge in [-0.2, -0.15) is 0 Å². The average Bonchev–Trinajstić information content (AvgIpc) is 2.26. The summed E-state index contributed by atoms with van der Waals surface area (Å²) in [4.78, 5) is 11.6. The molecule has 0 N–H and O–H groups in total. The van der Waals surface area contributed by atoms with E-state index in [0.717, 1.165) is 13.0 Å². The molecular formula is C14H23NO. The van der Waals surface area contributed by atoms with Gasteiger partial charge in [-0.05, 0) is 17.9 Å². The van der Waals surface area contributed by atoms with Crippen molar-refractivity contribution in [3.63, 3.8) is 0 Å². The maximum Gasteiger partial charge on any atom is 0.250 e. The summed E-state index contributed by atoms with van der Waals surface area (Å²) in [6, 6.07) is 3.63. The summed E-state index contributed by atoms with van der Waals surface area (Å²) in [5.74, 6) is 0.488. The summed E-state index contributed by atoms with van der Waals surface area (Å²) >= 11 is 0. The normalized spacial score (nSPS) is 11.0. The van der Waals surface area contributed by atoms with Crippen molar-refractivity contribution in [3.05, 3.63) is 34.2 Å². The van der Waals surface area contributed by atoms with Crippen LogP contribution in [0.15, 0.2) is 23.1 Å². The molecule has 0 amide bonds. The first-order valence-corrected chi connectivity index (χ1v) is 6.35. The molecule has 90 valence electrons. The molecule has 1 aromatic rings. The quantitative estimate of drug-likeness (QED) is 0.673. The molecule has 0 radical (unpaired) electrons.